The van der Waals surface area contributed by atoms with Gasteiger partial charge in [-0.25, -0.2) is 0 Å². The molecule has 0 bridgehead atoms. The molecule has 1 aromatic rings. The van der Waals surface area contributed by atoms with Crippen LogP contribution in [-0.2, 0) is 0 Å². The van der Waals surface area contributed by atoms with Gasteiger partial charge >= 0.3 is 0 Å². The van der Waals surface area contributed by atoms with E-state index in [-0.39, 0.29) is 5.91 Å². The number of nitrogens with zero attached hydrogens (tertiary/aromatic N) is 3. The van der Waals surface area contributed by atoms with E-state index in [9.17, 15) is 4.79 Å². The molecule has 0 atom stereocenters. The Kier molecular flexibility index (Phi) is 4.98. The Morgan fingerprint density at radius 3 is 2.14 bits per heavy atom. The first kappa shape index (κ1) is 15.3. The van der Waals surface area contributed by atoms with Crippen LogP contribution in [0.2, 0.25) is 0 Å². The number of carbonyl (C=O) groups excluding carboxylic acids is 1. The number of rotatable bonds is 3. The van der Waals surface area contributed by atoms with Crippen molar-refractivity contribution in [2.75, 3.05) is 50.7 Å². The number of piperidine rings is 1. The van der Waals surface area contributed by atoms with Crippen LogP contribution in [0.5, 0.6) is 0 Å². The normalized spacial score (nSPS) is 20.2. The van der Waals surface area contributed by atoms with Crippen molar-refractivity contribution in [2.45, 2.75) is 26.2 Å². The molecule has 4 nitrogen and oxygen atoms in total. The van der Waals surface area contributed by atoms with E-state index in [4.69, 9.17) is 0 Å². The van der Waals surface area contributed by atoms with E-state index in [1.165, 1.54) is 24.9 Å². The number of benzene rings is 1. The van der Waals surface area contributed by atoms with Gasteiger partial charge in [0, 0.05) is 50.5 Å². The fraction of sp³-hybridized carbons (Fsp3) is 0.611. The molecule has 0 N–H and O–H groups in total. The number of likely N-dealkylation sites (N-methyl/N-ethyl adjacent to an activating group) is 1. The third kappa shape index (κ3) is 3.43. The highest BCUT2D eigenvalue weighted by atomic mass is 16.2. The number of anilines is 1. The van der Waals surface area contributed by atoms with Gasteiger partial charge in [0.05, 0.1) is 0 Å². The van der Waals surface area contributed by atoms with Gasteiger partial charge in [0.25, 0.3) is 5.91 Å². The quantitative estimate of drug-likeness (QED) is 0.858. The van der Waals surface area contributed by atoms with Crippen molar-refractivity contribution < 1.29 is 4.79 Å². The minimum Gasteiger partial charge on any atom is -0.372 e. The van der Waals surface area contributed by atoms with Crippen molar-refractivity contribution in [1.82, 2.24) is 9.80 Å². The van der Waals surface area contributed by atoms with Gasteiger partial charge in [-0.15, -0.1) is 0 Å². The van der Waals surface area contributed by atoms with E-state index >= 15 is 0 Å². The van der Waals surface area contributed by atoms with Gasteiger partial charge in [0.15, 0.2) is 0 Å². The largest absolute Gasteiger partial charge is 0.372 e. The van der Waals surface area contributed by atoms with Crippen LogP contribution in [0.4, 0.5) is 5.69 Å². The van der Waals surface area contributed by atoms with Gasteiger partial charge in [0.1, 0.15) is 0 Å². The molecule has 0 aromatic heterocycles. The second-order valence-electron chi connectivity index (χ2n) is 6.32. The van der Waals surface area contributed by atoms with E-state index in [0.717, 1.165) is 51.4 Å². The fourth-order valence-corrected chi connectivity index (χ4v) is 3.42. The van der Waals surface area contributed by atoms with Crippen molar-refractivity contribution in [2.24, 2.45) is 0 Å². The molecule has 2 saturated heterocycles. The van der Waals surface area contributed by atoms with Crippen LogP contribution in [0.25, 0.3) is 0 Å². The standard InChI is InChI=1S/C18H27N3O/c1-2-19-12-14-21(15-13-19)18(22)16-6-8-17(9-7-16)20-10-4-3-5-11-20/h6-9H,2-5,10-15H2,1H3. The molecular formula is C18H27N3O. The predicted molar refractivity (Wildman–Crippen MR) is 90.5 cm³/mol. The molecule has 1 aromatic carbocycles. The first-order chi connectivity index (χ1) is 10.8. The molecule has 2 aliphatic rings. The molecule has 0 spiro atoms. The summed E-state index contributed by atoms with van der Waals surface area (Å²) in [5, 5.41) is 0. The number of hydrogen-bond donors (Lipinski definition) is 0. The third-order valence-electron chi connectivity index (χ3n) is 4.94. The first-order valence-electron chi connectivity index (χ1n) is 8.64. The Hall–Kier alpha value is -1.55. The average molecular weight is 301 g/mol. The summed E-state index contributed by atoms with van der Waals surface area (Å²) in [6.07, 6.45) is 3.90. The van der Waals surface area contributed by atoms with Gasteiger partial charge < -0.3 is 14.7 Å². The first-order valence-corrected chi connectivity index (χ1v) is 8.64. The highest BCUT2D eigenvalue weighted by Gasteiger charge is 2.21. The maximum atomic E-state index is 12.6. The molecular weight excluding hydrogens is 274 g/mol. The molecule has 3 rings (SSSR count). The lowest BCUT2D eigenvalue weighted by atomic mass is 10.1. The van der Waals surface area contributed by atoms with Crippen LogP contribution in [0.1, 0.15) is 36.5 Å². The summed E-state index contributed by atoms with van der Waals surface area (Å²) in [6.45, 7) is 9.23. The lowest BCUT2D eigenvalue weighted by Crippen LogP contribution is -2.48. The van der Waals surface area contributed by atoms with Crippen LogP contribution in [0, 0.1) is 0 Å². The second kappa shape index (κ2) is 7.14. The zero-order valence-corrected chi connectivity index (χ0v) is 13.6. The van der Waals surface area contributed by atoms with Crippen molar-refractivity contribution in [3.05, 3.63) is 29.8 Å². The zero-order valence-electron chi connectivity index (χ0n) is 13.6. The molecule has 4 heteroatoms. The predicted octanol–water partition coefficient (Wildman–Crippen LogP) is 2.45. The Bertz CT molecular complexity index is 486. The summed E-state index contributed by atoms with van der Waals surface area (Å²) < 4.78 is 0. The third-order valence-corrected chi connectivity index (χ3v) is 4.94. The van der Waals surface area contributed by atoms with Gasteiger partial charge in [-0.2, -0.15) is 0 Å². The van der Waals surface area contributed by atoms with E-state index in [0.29, 0.717) is 0 Å². The smallest absolute Gasteiger partial charge is 0.253 e. The Morgan fingerprint density at radius 1 is 0.909 bits per heavy atom. The number of amides is 1. The summed E-state index contributed by atoms with van der Waals surface area (Å²) in [5.74, 6) is 0.181. The van der Waals surface area contributed by atoms with Crippen molar-refractivity contribution in [3.63, 3.8) is 0 Å². The summed E-state index contributed by atoms with van der Waals surface area (Å²) >= 11 is 0. The topological polar surface area (TPSA) is 26.8 Å². The Labute approximate surface area is 133 Å². The SMILES string of the molecule is CCN1CCN(C(=O)c2ccc(N3CCCCC3)cc2)CC1. The molecule has 0 saturated carbocycles. The molecule has 1 amide bonds. The summed E-state index contributed by atoms with van der Waals surface area (Å²) in [5.41, 5.74) is 2.08. The van der Waals surface area contributed by atoms with Gasteiger partial charge in [-0.3, -0.25) is 4.79 Å². The zero-order chi connectivity index (χ0) is 15.4. The van der Waals surface area contributed by atoms with Gasteiger partial charge in [-0.05, 0) is 50.1 Å². The van der Waals surface area contributed by atoms with Crippen LogP contribution < -0.4 is 4.90 Å². The van der Waals surface area contributed by atoms with Crippen LogP contribution in [0.15, 0.2) is 24.3 Å². The molecule has 120 valence electrons. The number of hydrogen-bond acceptors (Lipinski definition) is 3. The van der Waals surface area contributed by atoms with Crippen molar-refractivity contribution in [1.29, 1.82) is 0 Å². The molecule has 2 heterocycles. The minimum absolute atomic E-state index is 0.181. The van der Waals surface area contributed by atoms with E-state index < -0.39 is 0 Å². The van der Waals surface area contributed by atoms with E-state index in [1.54, 1.807) is 0 Å². The minimum atomic E-state index is 0.181. The molecule has 0 unspecified atom stereocenters. The summed E-state index contributed by atoms with van der Waals surface area (Å²) in [7, 11) is 0. The maximum Gasteiger partial charge on any atom is 0.253 e. The van der Waals surface area contributed by atoms with Crippen molar-refractivity contribution in [3.8, 4) is 0 Å². The molecule has 22 heavy (non-hydrogen) atoms. The highest BCUT2D eigenvalue weighted by Crippen LogP contribution is 2.21. The highest BCUT2D eigenvalue weighted by molar-refractivity contribution is 5.94. The van der Waals surface area contributed by atoms with E-state index in [2.05, 4.69) is 28.9 Å². The lowest BCUT2D eigenvalue weighted by molar-refractivity contribution is 0.0643. The van der Waals surface area contributed by atoms with Gasteiger partial charge in [-0.1, -0.05) is 6.92 Å². The lowest BCUT2D eigenvalue weighted by Gasteiger charge is -2.34. The molecule has 0 radical (unpaired) electrons. The van der Waals surface area contributed by atoms with Crippen LogP contribution in [-0.4, -0.2) is 61.5 Å². The number of carbonyl (C=O) groups is 1. The summed E-state index contributed by atoms with van der Waals surface area (Å²) in [4.78, 5) is 19.4. The fourth-order valence-electron chi connectivity index (χ4n) is 3.42. The molecule has 0 aliphatic carbocycles. The van der Waals surface area contributed by atoms with Gasteiger partial charge in [0.2, 0.25) is 0 Å². The molecule has 2 aliphatic heterocycles. The maximum absolute atomic E-state index is 12.6. The Balaban J connectivity index is 1.61. The molecule has 2 fully saturated rings. The number of piperazine rings is 1. The average Bonchev–Trinajstić information content (AvgIpc) is 2.62. The van der Waals surface area contributed by atoms with Crippen LogP contribution >= 0.6 is 0 Å². The second-order valence-corrected chi connectivity index (χ2v) is 6.32. The van der Waals surface area contributed by atoms with Crippen molar-refractivity contribution >= 4 is 11.6 Å². The monoisotopic (exact) mass is 301 g/mol. The summed E-state index contributed by atoms with van der Waals surface area (Å²) in [6, 6.07) is 8.22. The Morgan fingerprint density at radius 2 is 1.55 bits per heavy atom. The van der Waals surface area contributed by atoms with Crippen LogP contribution in [0.3, 0.4) is 0 Å². The van der Waals surface area contributed by atoms with E-state index in [1.807, 2.05) is 17.0 Å².